The van der Waals surface area contributed by atoms with Crippen LogP contribution in [0.25, 0.3) is 0 Å². The van der Waals surface area contributed by atoms with E-state index in [1.54, 1.807) is 16.7 Å². The number of alkyl halides is 2. The van der Waals surface area contributed by atoms with Crippen LogP contribution in [0.3, 0.4) is 0 Å². The van der Waals surface area contributed by atoms with Gasteiger partial charge in [0, 0.05) is 54.8 Å². The van der Waals surface area contributed by atoms with Gasteiger partial charge in [0.1, 0.15) is 5.70 Å². The van der Waals surface area contributed by atoms with Crippen LogP contribution in [-0.4, -0.2) is 112 Å². The van der Waals surface area contributed by atoms with E-state index in [9.17, 15) is 33.1 Å². The molecule has 0 bridgehead atoms. The fourth-order valence-electron chi connectivity index (χ4n) is 5.62. The van der Waals surface area contributed by atoms with Gasteiger partial charge in [-0.2, -0.15) is 8.78 Å². The van der Waals surface area contributed by atoms with E-state index in [1.165, 1.54) is 23.6 Å². The van der Waals surface area contributed by atoms with E-state index >= 15 is 0 Å². The van der Waals surface area contributed by atoms with Gasteiger partial charge in [0.2, 0.25) is 11.8 Å². The molecule has 6 atom stereocenters. The molecule has 204 valence electrons. The van der Waals surface area contributed by atoms with Gasteiger partial charge >= 0.3 is 12.4 Å². The number of amides is 3. The summed E-state index contributed by atoms with van der Waals surface area (Å²) in [6.07, 6.45) is -2.74. The maximum atomic E-state index is 13.0. The summed E-state index contributed by atoms with van der Waals surface area (Å²) in [5, 5.41) is 22.7. The molecule has 15 heteroatoms. The molecule has 0 saturated carbocycles. The van der Waals surface area contributed by atoms with Crippen molar-refractivity contribution >= 4 is 41.4 Å². The normalized spacial score (nSPS) is 30.4. The summed E-state index contributed by atoms with van der Waals surface area (Å²) >= 11 is 1.32. The molecule has 4 rings (SSSR count). The number of carbonyl (C=O) groups is 4. The summed E-state index contributed by atoms with van der Waals surface area (Å²) in [4.78, 5) is 54.6. The SMILES string of the molecule is C[C@@H](NC(=O)C(F)F)[C@H]1C(=O)N2C(C(=O)O)=C(S[C@@H]3CN[C@H](C(=O)N4CCN(C(=N)N)CC4)C3)[C@H](C)[C@H]12. The zero-order chi connectivity index (χ0) is 27.2. The molecule has 0 aliphatic carbocycles. The van der Waals surface area contributed by atoms with Crippen LogP contribution in [0.15, 0.2) is 10.6 Å². The predicted molar refractivity (Wildman–Crippen MR) is 129 cm³/mol. The number of carbonyl (C=O) groups excluding carboxylic acids is 3. The fourth-order valence-corrected chi connectivity index (χ4v) is 7.10. The van der Waals surface area contributed by atoms with Gasteiger partial charge in [0.15, 0.2) is 5.96 Å². The number of nitrogens with two attached hydrogens (primary N) is 1. The Morgan fingerprint density at radius 1 is 1.22 bits per heavy atom. The van der Waals surface area contributed by atoms with Gasteiger partial charge in [-0.1, -0.05) is 6.92 Å². The van der Waals surface area contributed by atoms with Crippen LogP contribution in [0.5, 0.6) is 0 Å². The van der Waals surface area contributed by atoms with Crippen molar-refractivity contribution in [3.05, 3.63) is 10.6 Å². The van der Waals surface area contributed by atoms with Gasteiger partial charge < -0.3 is 36.2 Å². The van der Waals surface area contributed by atoms with Crippen molar-refractivity contribution in [2.24, 2.45) is 17.6 Å². The number of carboxylic acid groups (broad SMARTS) is 1. The minimum atomic E-state index is -3.21. The maximum absolute atomic E-state index is 13.0. The van der Waals surface area contributed by atoms with Gasteiger partial charge in [0.05, 0.1) is 18.0 Å². The number of nitrogens with one attached hydrogen (secondary N) is 3. The predicted octanol–water partition coefficient (Wildman–Crippen LogP) is -0.970. The molecule has 3 saturated heterocycles. The number of piperazine rings is 1. The summed E-state index contributed by atoms with van der Waals surface area (Å²) < 4.78 is 25.4. The molecule has 4 aliphatic rings. The van der Waals surface area contributed by atoms with E-state index in [1.807, 2.05) is 0 Å². The van der Waals surface area contributed by atoms with Crippen molar-refractivity contribution in [3.8, 4) is 0 Å². The highest BCUT2D eigenvalue weighted by Crippen LogP contribution is 2.51. The Bertz CT molecular complexity index is 1030. The third-order valence-corrected chi connectivity index (χ3v) is 9.02. The second-order valence-corrected chi connectivity index (χ2v) is 11.1. The minimum Gasteiger partial charge on any atom is -0.477 e. The van der Waals surface area contributed by atoms with Crippen molar-refractivity contribution in [1.29, 1.82) is 5.41 Å². The quantitative estimate of drug-likeness (QED) is 0.154. The first-order valence-electron chi connectivity index (χ1n) is 12.1. The van der Waals surface area contributed by atoms with Gasteiger partial charge in [-0.25, -0.2) is 4.79 Å². The maximum Gasteiger partial charge on any atom is 0.353 e. The zero-order valence-electron chi connectivity index (χ0n) is 20.4. The van der Waals surface area contributed by atoms with Crippen LogP contribution < -0.4 is 16.4 Å². The largest absolute Gasteiger partial charge is 0.477 e. The first-order chi connectivity index (χ1) is 17.4. The summed E-state index contributed by atoms with van der Waals surface area (Å²) in [7, 11) is 0. The van der Waals surface area contributed by atoms with Crippen molar-refractivity contribution in [2.75, 3.05) is 32.7 Å². The van der Waals surface area contributed by atoms with Crippen molar-refractivity contribution < 1.29 is 33.1 Å². The van der Waals surface area contributed by atoms with Crippen LogP contribution in [0.1, 0.15) is 20.3 Å². The first-order valence-corrected chi connectivity index (χ1v) is 13.0. The average Bonchev–Trinajstić information content (AvgIpc) is 3.40. The summed E-state index contributed by atoms with van der Waals surface area (Å²) in [5.74, 6) is -4.51. The molecular formula is C22H31F2N7O5S. The van der Waals surface area contributed by atoms with Gasteiger partial charge in [-0.05, 0) is 13.3 Å². The molecule has 3 fully saturated rings. The molecule has 0 radical (unpaired) electrons. The molecular weight excluding hydrogens is 512 g/mol. The number of halogens is 2. The third-order valence-electron chi connectivity index (χ3n) is 7.51. The molecule has 12 nitrogen and oxygen atoms in total. The summed E-state index contributed by atoms with van der Waals surface area (Å²) in [5.41, 5.74) is 5.39. The second kappa shape index (κ2) is 10.4. The lowest BCUT2D eigenvalue weighted by Crippen LogP contribution is -2.66. The molecule has 0 aromatic heterocycles. The van der Waals surface area contributed by atoms with Crippen molar-refractivity contribution in [3.63, 3.8) is 0 Å². The van der Waals surface area contributed by atoms with E-state index < -0.39 is 48.3 Å². The molecule has 4 heterocycles. The number of carboxylic acids is 1. The topological polar surface area (TPSA) is 172 Å². The van der Waals surface area contributed by atoms with E-state index in [0.717, 1.165) is 0 Å². The number of nitrogens with zero attached hydrogens (tertiary/aromatic N) is 3. The van der Waals surface area contributed by atoms with Gasteiger partial charge in [-0.15, -0.1) is 11.8 Å². The molecule has 6 N–H and O–H groups in total. The number of hydrogen-bond acceptors (Lipinski definition) is 7. The van der Waals surface area contributed by atoms with Gasteiger partial charge in [0.25, 0.3) is 5.91 Å². The molecule has 37 heavy (non-hydrogen) atoms. The smallest absolute Gasteiger partial charge is 0.353 e. The molecule has 0 spiro atoms. The van der Waals surface area contributed by atoms with Crippen molar-refractivity contribution in [2.45, 2.75) is 50.1 Å². The Labute approximate surface area is 216 Å². The van der Waals surface area contributed by atoms with Crippen LogP contribution in [0.2, 0.25) is 0 Å². The Balaban J connectivity index is 1.40. The first kappa shape index (κ1) is 27.1. The van der Waals surface area contributed by atoms with E-state index in [-0.39, 0.29) is 28.7 Å². The van der Waals surface area contributed by atoms with Crippen LogP contribution in [-0.2, 0) is 19.2 Å². The number of hydrogen-bond donors (Lipinski definition) is 5. The lowest BCUT2D eigenvalue weighted by atomic mass is 9.78. The highest BCUT2D eigenvalue weighted by molar-refractivity contribution is 8.03. The van der Waals surface area contributed by atoms with Crippen LogP contribution in [0, 0.1) is 17.2 Å². The average molecular weight is 544 g/mol. The number of fused-ring (bicyclic) bond motifs is 1. The van der Waals surface area contributed by atoms with E-state index in [0.29, 0.717) is 44.0 Å². The number of aliphatic carboxylic acids is 1. The fraction of sp³-hybridized carbons (Fsp3) is 0.682. The minimum absolute atomic E-state index is 0.0213. The van der Waals surface area contributed by atoms with Gasteiger partial charge in [-0.3, -0.25) is 19.8 Å². The zero-order valence-corrected chi connectivity index (χ0v) is 21.3. The Kier molecular flexibility index (Phi) is 7.65. The van der Waals surface area contributed by atoms with E-state index in [2.05, 4.69) is 10.6 Å². The molecule has 3 amide bonds. The summed E-state index contributed by atoms with van der Waals surface area (Å²) in [6.45, 7) is 5.62. The number of rotatable bonds is 7. The Morgan fingerprint density at radius 3 is 2.41 bits per heavy atom. The molecule has 0 aromatic rings. The Morgan fingerprint density at radius 2 is 1.84 bits per heavy atom. The molecule has 0 unspecified atom stereocenters. The summed E-state index contributed by atoms with van der Waals surface area (Å²) in [6, 6.07) is -1.86. The highest BCUT2D eigenvalue weighted by atomic mass is 32.2. The van der Waals surface area contributed by atoms with Crippen LogP contribution in [0.4, 0.5) is 8.78 Å². The molecule has 0 aromatic carbocycles. The monoisotopic (exact) mass is 543 g/mol. The number of guanidine groups is 1. The number of β-lactam (4-membered cyclic amide) rings is 1. The van der Waals surface area contributed by atoms with Crippen LogP contribution >= 0.6 is 11.8 Å². The molecule has 4 aliphatic heterocycles. The van der Waals surface area contributed by atoms with E-state index in [4.69, 9.17) is 11.1 Å². The number of thioether (sulfide) groups is 1. The third kappa shape index (κ3) is 4.98. The lowest BCUT2D eigenvalue weighted by molar-refractivity contribution is -0.159. The van der Waals surface area contributed by atoms with Crippen molar-refractivity contribution in [1.82, 2.24) is 25.3 Å². The highest BCUT2D eigenvalue weighted by Gasteiger charge is 2.60. The second-order valence-electron chi connectivity index (χ2n) is 9.76. The lowest BCUT2D eigenvalue weighted by Gasteiger charge is -2.47. The standard InChI is InChI=1S/C22H31F2N7O5S/c1-9-14-13(10(2)28-18(32)17(23)24)20(34)31(14)15(21(35)36)16(9)37-11-7-12(27-8-11)19(33)29-3-5-30(6-4-29)22(25)26/h9-14,17,27H,3-8H2,1-2H3,(H3,25,26)(H,28,32)(H,35,36)/t9-,10-,11+,12+,13-,14-/m1/s1. The Hall–Kier alpha value is -2.94.